The molecule has 3 unspecified atom stereocenters. The first kappa shape index (κ1) is 14.5. The van der Waals surface area contributed by atoms with Crippen LogP contribution in [0.4, 0.5) is 4.79 Å². The number of nitrogens with zero attached hydrogens (tertiary/aromatic N) is 1. The van der Waals surface area contributed by atoms with E-state index in [0.717, 1.165) is 25.0 Å². The fourth-order valence-corrected chi connectivity index (χ4v) is 3.63. The quantitative estimate of drug-likeness (QED) is 0.802. The Bertz CT molecular complexity index is 353. The Morgan fingerprint density at radius 2 is 2.21 bits per heavy atom. The number of carbonyl (C=O) groups is 2. The number of rotatable bonds is 3. The zero-order chi connectivity index (χ0) is 13.8. The second-order valence-corrected chi connectivity index (χ2v) is 6.09. The summed E-state index contributed by atoms with van der Waals surface area (Å²) in [7, 11) is 1.68. The number of hydrogen-bond donors (Lipinski definition) is 2. The van der Waals surface area contributed by atoms with Crippen molar-refractivity contribution in [2.24, 2.45) is 0 Å². The molecule has 3 atom stereocenters. The molecule has 1 aliphatic heterocycles. The van der Waals surface area contributed by atoms with E-state index in [4.69, 9.17) is 9.84 Å². The Hall–Kier alpha value is -0.950. The molecule has 2 fully saturated rings. The van der Waals surface area contributed by atoms with E-state index >= 15 is 0 Å². The van der Waals surface area contributed by atoms with Crippen molar-refractivity contribution >= 4 is 23.8 Å². The number of thioether (sulfide) groups is 1. The first-order chi connectivity index (χ1) is 9.11. The molecule has 19 heavy (non-hydrogen) atoms. The maximum Gasteiger partial charge on any atom is 0.327 e. The number of nitrogens with one attached hydrogen (secondary N) is 1. The van der Waals surface area contributed by atoms with Crippen molar-refractivity contribution in [3.8, 4) is 0 Å². The summed E-state index contributed by atoms with van der Waals surface area (Å²) >= 11 is 1.58. The van der Waals surface area contributed by atoms with Crippen LogP contribution in [0.15, 0.2) is 0 Å². The minimum Gasteiger partial charge on any atom is -0.480 e. The molecule has 2 amide bonds. The molecule has 7 heteroatoms. The van der Waals surface area contributed by atoms with Gasteiger partial charge in [0.25, 0.3) is 0 Å². The van der Waals surface area contributed by atoms with Gasteiger partial charge in [0.15, 0.2) is 0 Å². The predicted octanol–water partition coefficient (Wildman–Crippen LogP) is 0.765. The fraction of sp³-hybridized carbons (Fsp3) is 0.833. The Kier molecular flexibility index (Phi) is 4.93. The summed E-state index contributed by atoms with van der Waals surface area (Å²) in [5, 5.41) is 12.1. The number of urea groups is 1. The van der Waals surface area contributed by atoms with Crippen molar-refractivity contribution in [3.63, 3.8) is 0 Å². The molecule has 0 aromatic carbocycles. The van der Waals surface area contributed by atoms with Gasteiger partial charge in [0.2, 0.25) is 0 Å². The van der Waals surface area contributed by atoms with E-state index < -0.39 is 12.0 Å². The van der Waals surface area contributed by atoms with Crippen molar-refractivity contribution < 1.29 is 19.4 Å². The second-order valence-electron chi connectivity index (χ2n) is 4.94. The van der Waals surface area contributed by atoms with Crippen molar-refractivity contribution in [2.45, 2.75) is 37.5 Å². The molecule has 1 saturated carbocycles. The fourth-order valence-electron chi connectivity index (χ4n) is 2.59. The number of methoxy groups -OCH3 is 1. The molecule has 1 heterocycles. The number of amides is 2. The molecule has 2 aliphatic rings. The van der Waals surface area contributed by atoms with E-state index in [2.05, 4.69) is 5.32 Å². The molecule has 0 aromatic rings. The summed E-state index contributed by atoms with van der Waals surface area (Å²) in [5.74, 6) is 0.333. The topological polar surface area (TPSA) is 78.9 Å². The minimum atomic E-state index is -0.927. The number of aliphatic carboxylic acids is 1. The molecular formula is C12H20N2O4S. The summed E-state index contributed by atoms with van der Waals surface area (Å²) in [6, 6.07) is -0.866. The minimum absolute atomic E-state index is 0.0986. The van der Waals surface area contributed by atoms with Crippen molar-refractivity contribution in [3.05, 3.63) is 0 Å². The number of carboxylic acids is 1. The van der Waals surface area contributed by atoms with Crippen molar-refractivity contribution in [1.82, 2.24) is 10.2 Å². The van der Waals surface area contributed by atoms with Crippen LogP contribution in [0.5, 0.6) is 0 Å². The van der Waals surface area contributed by atoms with Crippen molar-refractivity contribution in [1.29, 1.82) is 0 Å². The lowest BCUT2D eigenvalue weighted by atomic mass is 10.2. The van der Waals surface area contributed by atoms with Crippen LogP contribution < -0.4 is 5.32 Å². The van der Waals surface area contributed by atoms with E-state index in [0.29, 0.717) is 12.3 Å². The van der Waals surface area contributed by atoms with Gasteiger partial charge in [-0.1, -0.05) is 0 Å². The molecule has 108 valence electrons. The van der Waals surface area contributed by atoms with Gasteiger partial charge < -0.3 is 20.1 Å². The number of hydrogen-bond acceptors (Lipinski definition) is 4. The lowest BCUT2D eigenvalue weighted by molar-refractivity contribution is -0.141. The van der Waals surface area contributed by atoms with Crippen LogP contribution in [-0.4, -0.2) is 65.4 Å². The van der Waals surface area contributed by atoms with Crippen LogP contribution >= 0.6 is 11.8 Å². The summed E-state index contributed by atoms with van der Waals surface area (Å²) in [4.78, 5) is 24.8. The highest BCUT2D eigenvalue weighted by molar-refractivity contribution is 7.99. The van der Waals surface area contributed by atoms with Crippen LogP contribution in [0, 0.1) is 0 Å². The first-order valence-corrected chi connectivity index (χ1v) is 7.67. The van der Waals surface area contributed by atoms with E-state index in [1.165, 1.54) is 4.90 Å². The molecule has 2 rings (SSSR count). The summed E-state index contributed by atoms with van der Waals surface area (Å²) in [6.45, 7) is 0.494. The average Bonchev–Trinajstić information content (AvgIpc) is 2.86. The molecule has 0 bridgehead atoms. The summed E-state index contributed by atoms with van der Waals surface area (Å²) in [6.07, 6.45) is 2.85. The molecular weight excluding hydrogens is 268 g/mol. The molecule has 1 saturated heterocycles. The molecule has 0 radical (unpaired) electrons. The zero-order valence-electron chi connectivity index (χ0n) is 11.0. The molecule has 1 aliphatic carbocycles. The van der Waals surface area contributed by atoms with Gasteiger partial charge in [0.1, 0.15) is 6.04 Å². The maximum atomic E-state index is 12.2. The third-order valence-electron chi connectivity index (χ3n) is 3.72. The normalized spacial score (nSPS) is 31.2. The van der Waals surface area contributed by atoms with Crippen LogP contribution in [-0.2, 0) is 9.53 Å². The van der Waals surface area contributed by atoms with Gasteiger partial charge in [0.05, 0.1) is 6.10 Å². The van der Waals surface area contributed by atoms with Crippen LogP contribution in [0.25, 0.3) is 0 Å². The standard InChI is InChI=1S/C12H20N2O4S/c1-18-9-3-2-8(6-9)13-12(17)14-4-5-19-7-10(14)11(15)16/h8-10H,2-7H2,1H3,(H,13,17)(H,15,16). The SMILES string of the molecule is COC1CCC(NC(=O)N2CCSCC2C(=O)O)C1. The van der Waals surface area contributed by atoms with E-state index in [-0.39, 0.29) is 18.2 Å². The van der Waals surface area contributed by atoms with E-state index in [9.17, 15) is 9.59 Å². The Labute approximate surface area is 116 Å². The molecule has 0 aromatic heterocycles. The Morgan fingerprint density at radius 3 is 2.84 bits per heavy atom. The molecule has 6 nitrogen and oxygen atoms in total. The van der Waals surface area contributed by atoms with Gasteiger partial charge in [-0.3, -0.25) is 0 Å². The summed E-state index contributed by atoms with van der Waals surface area (Å²) in [5.41, 5.74) is 0. The number of ether oxygens (including phenoxy) is 1. The maximum absolute atomic E-state index is 12.2. The largest absolute Gasteiger partial charge is 0.480 e. The second kappa shape index (κ2) is 6.47. The highest BCUT2D eigenvalue weighted by Crippen LogP contribution is 2.22. The Morgan fingerprint density at radius 1 is 1.42 bits per heavy atom. The predicted molar refractivity (Wildman–Crippen MR) is 72.4 cm³/mol. The first-order valence-electron chi connectivity index (χ1n) is 6.52. The number of carbonyl (C=O) groups excluding carboxylic acids is 1. The lowest BCUT2D eigenvalue weighted by Crippen LogP contribution is -2.55. The van der Waals surface area contributed by atoms with Crippen molar-refractivity contribution in [2.75, 3.05) is 25.2 Å². The Balaban J connectivity index is 1.89. The molecule has 2 N–H and O–H groups in total. The third kappa shape index (κ3) is 3.54. The van der Waals surface area contributed by atoms with Gasteiger partial charge in [-0.15, -0.1) is 0 Å². The van der Waals surface area contributed by atoms with Gasteiger partial charge in [-0.2, -0.15) is 11.8 Å². The van der Waals surface area contributed by atoms with Crippen LogP contribution in [0.2, 0.25) is 0 Å². The lowest BCUT2D eigenvalue weighted by Gasteiger charge is -2.33. The summed E-state index contributed by atoms with van der Waals surface area (Å²) < 4.78 is 5.27. The van der Waals surface area contributed by atoms with Gasteiger partial charge in [-0.05, 0) is 19.3 Å². The highest BCUT2D eigenvalue weighted by Gasteiger charge is 2.34. The van der Waals surface area contributed by atoms with E-state index in [1.807, 2.05) is 0 Å². The highest BCUT2D eigenvalue weighted by atomic mass is 32.2. The number of carboxylic acid groups (broad SMARTS) is 1. The third-order valence-corrected chi connectivity index (χ3v) is 4.74. The van der Waals surface area contributed by atoms with E-state index in [1.54, 1.807) is 18.9 Å². The monoisotopic (exact) mass is 288 g/mol. The van der Waals surface area contributed by atoms with Crippen LogP contribution in [0.1, 0.15) is 19.3 Å². The van der Waals surface area contributed by atoms with Gasteiger partial charge >= 0.3 is 12.0 Å². The van der Waals surface area contributed by atoms with Crippen LogP contribution in [0.3, 0.4) is 0 Å². The average molecular weight is 288 g/mol. The molecule has 0 spiro atoms. The van der Waals surface area contributed by atoms with Gasteiger partial charge in [-0.25, -0.2) is 9.59 Å². The van der Waals surface area contributed by atoms with Gasteiger partial charge in [0, 0.05) is 31.2 Å². The smallest absolute Gasteiger partial charge is 0.327 e. The zero-order valence-corrected chi connectivity index (χ0v) is 11.8.